The first-order valence-corrected chi connectivity index (χ1v) is 6.57. The molecule has 5 nitrogen and oxygen atoms in total. The minimum atomic E-state index is -0.930. The molecule has 1 aliphatic carbocycles. The Kier molecular flexibility index (Phi) is 3.75. The second-order valence-electron chi connectivity index (χ2n) is 5.46. The van der Waals surface area contributed by atoms with Gasteiger partial charge in [-0.3, -0.25) is 0 Å². The lowest BCUT2D eigenvalue weighted by Crippen LogP contribution is -2.54. The zero-order valence-corrected chi connectivity index (χ0v) is 11.7. The minimum Gasteiger partial charge on any atom is -0.478 e. The van der Waals surface area contributed by atoms with Crippen molar-refractivity contribution in [2.24, 2.45) is 0 Å². The molecule has 104 valence electrons. The first kappa shape index (κ1) is 13.8. The number of aryl methyl sites for hydroxylation is 1. The van der Waals surface area contributed by atoms with Crippen LogP contribution in [0.25, 0.3) is 0 Å². The maximum absolute atomic E-state index is 10.9. The highest BCUT2D eigenvalue weighted by Crippen LogP contribution is 2.36. The van der Waals surface area contributed by atoms with Gasteiger partial charge in [0.2, 0.25) is 0 Å². The minimum absolute atomic E-state index is 0.223. The molecule has 19 heavy (non-hydrogen) atoms. The van der Waals surface area contributed by atoms with Gasteiger partial charge >= 0.3 is 5.97 Å². The van der Waals surface area contributed by atoms with E-state index in [4.69, 9.17) is 5.11 Å². The number of pyridine rings is 1. The molecule has 0 bridgehead atoms. The van der Waals surface area contributed by atoms with Crippen LogP contribution in [0, 0.1) is 6.92 Å². The average molecular weight is 263 g/mol. The van der Waals surface area contributed by atoms with E-state index in [1.807, 2.05) is 0 Å². The zero-order valence-electron chi connectivity index (χ0n) is 11.7. The summed E-state index contributed by atoms with van der Waals surface area (Å²) in [7, 11) is 4.21. The van der Waals surface area contributed by atoms with Crippen LogP contribution in [0.4, 0.5) is 5.82 Å². The summed E-state index contributed by atoms with van der Waals surface area (Å²) in [6, 6.07) is 3.34. The first-order valence-electron chi connectivity index (χ1n) is 6.57. The maximum atomic E-state index is 10.9. The lowest BCUT2D eigenvalue weighted by atomic mass is 9.75. The molecule has 2 N–H and O–H groups in total. The summed E-state index contributed by atoms with van der Waals surface area (Å²) in [5, 5.41) is 12.3. The van der Waals surface area contributed by atoms with E-state index in [-0.39, 0.29) is 11.1 Å². The summed E-state index contributed by atoms with van der Waals surface area (Å²) in [6.45, 7) is 2.57. The SMILES string of the molecule is Cc1nc(NCC2(N(C)C)CCC2)ccc1C(=O)O. The summed E-state index contributed by atoms with van der Waals surface area (Å²) in [4.78, 5) is 17.5. The largest absolute Gasteiger partial charge is 0.478 e. The summed E-state index contributed by atoms with van der Waals surface area (Å²) < 4.78 is 0. The Morgan fingerprint density at radius 2 is 2.16 bits per heavy atom. The number of hydrogen-bond acceptors (Lipinski definition) is 4. The summed E-state index contributed by atoms with van der Waals surface area (Å²) in [6.07, 6.45) is 3.66. The number of carbonyl (C=O) groups is 1. The molecule has 0 saturated heterocycles. The van der Waals surface area contributed by atoms with Crippen molar-refractivity contribution in [3.8, 4) is 0 Å². The van der Waals surface area contributed by atoms with Crippen molar-refractivity contribution in [3.63, 3.8) is 0 Å². The highest BCUT2D eigenvalue weighted by molar-refractivity contribution is 5.89. The van der Waals surface area contributed by atoms with Gasteiger partial charge in [0.05, 0.1) is 11.3 Å². The molecule has 0 aliphatic heterocycles. The van der Waals surface area contributed by atoms with Crippen molar-refractivity contribution in [1.29, 1.82) is 0 Å². The lowest BCUT2D eigenvalue weighted by molar-refractivity contribution is 0.0695. The van der Waals surface area contributed by atoms with Crippen LogP contribution in [0.1, 0.15) is 35.3 Å². The third kappa shape index (κ3) is 2.71. The fourth-order valence-corrected chi connectivity index (χ4v) is 2.51. The molecule has 2 rings (SSSR count). The van der Waals surface area contributed by atoms with E-state index in [9.17, 15) is 4.79 Å². The molecule has 0 radical (unpaired) electrons. The summed E-state index contributed by atoms with van der Waals surface area (Å²) >= 11 is 0. The first-order chi connectivity index (χ1) is 8.94. The van der Waals surface area contributed by atoms with Crippen LogP contribution in [0.5, 0.6) is 0 Å². The number of aromatic carboxylic acids is 1. The van der Waals surface area contributed by atoms with Gasteiger partial charge in [0, 0.05) is 12.1 Å². The van der Waals surface area contributed by atoms with Gasteiger partial charge in [0.15, 0.2) is 0 Å². The van der Waals surface area contributed by atoms with Crippen molar-refractivity contribution < 1.29 is 9.90 Å². The van der Waals surface area contributed by atoms with E-state index in [1.165, 1.54) is 19.3 Å². The molecule has 1 fully saturated rings. The molecule has 1 saturated carbocycles. The molecular weight excluding hydrogens is 242 g/mol. The Bertz CT molecular complexity index is 482. The number of hydrogen-bond donors (Lipinski definition) is 2. The molecular formula is C14H21N3O2. The van der Waals surface area contributed by atoms with E-state index in [0.717, 1.165) is 12.4 Å². The molecule has 1 heterocycles. The van der Waals surface area contributed by atoms with Crippen molar-refractivity contribution in [1.82, 2.24) is 9.88 Å². The fourth-order valence-electron chi connectivity index (χ4n) is 2.51. The normalized spacial score (nSPS) is 17.1. The number of nitrogens with zero attached hydrogens (tertiary/aromatic N) is 2. The van der Waals surface area contributed by atoms with Crippen molar-refractivity contribution in [3.05, 3.63) is 23.4 Å². The van der Waals surface area contributed by atoms with Crippen LogP contribution in [0.2, 0.25) is 0 Å². The second-order valence-corrected chi connectivity index (χ2v) is 5.46. The van der Waals surface area contributed by atoms with Crippen molar-refractivity contribution in [2.45, 2.75) is 31.7 Å². The smallest absolute Gasteiger partial charge is 0.337 e. The highest BCUT2D eigenvalue weighted by Gasteiger charge is 2.38. The molecule has 5 heteroatoms. The molecule has 0 aromatic carbocycles. The zero-order chi connectivity index (χ0) is 14.0. The third-order valence-electron chi connectivity index (χ3n) is 4.15. The van der Waals surface area contributed by atoms with Gasteiger partial charge in [-0.15, -0.1) is 0 Å². The molecule has 1 aromatic heterocycles. The Balaban J connectivity index is 2.04. The van der Waals surface area contributed by atoms with Crippen LogP contribution >= 0.6 is 0 Å². The van der Waals surface area contributed by atoms with Crippen LogP contribution in [0.15, 0.2) is 12.1 Å². The topological polar surface area (TPSA) is 65.5 Å². The van der Waals surface area contributed by atoms with Crippen molar-refractivity contribution >= 4 is 11.8 Å². The molecule has 0 spiro atoms. The summed E-state index contributed by atoms with van der Waals surface area (Å²) in [5.74, 6) is -0.184. The molecule has 0 unspecified atom stereocenters. The average Bonchev–Trinajstić information content (AvgIpc) is 2.26. The van der Waals surface area contributed by atoms with E-state index in [0.29, 0.717) is 5.69 Å². The number of carboxylic acid groups (broad SMARTS) is 1. The third-order valence-corrected chi connectivity index (χ3v) is 4.15. The van der Waals surface area contributed by atoms with Gasteiger partial charge < -0.3 is 15.3 Å². The van der Waals surface area contributed by atoms with Gasteiger partial charge in [-0.25, -0.2) is 9.78 Å². The number of rotatable bonds is 5. The monoisotopic (exact) mass is 263 g/mol. The Labute approximate surface area is 113 Å². The molecule has 0 atom stereocenters. The van der Waals surface area contributed by atoms with Gasteiger partial charge in [-0.1, -0.05) is 0 Å². The van der Waals surface area contributed by atoms with Crippen LogP contribution in [-0.4, -0.2) is 47.1 Å². The van der Waals surface area contributed by atoms with Crippen molar-refractivity contribution in [2.75, 3.05) is 26.0 Å². The standard InChI is InChI=1S/C14H21N3O2/c1-10-11(13(18)19)5-6-12(16-10)15-9-14(17(2)3)7-4-8-14/h5-6H,4,7-9H2,1-3H3,(H,15,16)(H,18,19). The fraction of sp³-hybridized carbons (Fsp3) is 0.571. The Morgan fingerprint density at radius 3 is 2.58 bits per heavy atom. The van der Waals surface area contributed by atoms with E-state index < -0.39 is 5.97 Å². The Morgan fingerprint density at radius 1 is 1.47 bits per heavy atom. The number of carboxylic acids is 1. The van der Waals surface area contributed by atoms with E-state index >= 15 is 0 Å². The summed E-state index contributed by atoms with van der Waals surface area (Å²) in [5.41, 5.74) is 1.03. The van der Waals surface area contributed by atoms with Gasteiger partial charge in [-0.05, 0) is 52.4 Å². The van der Waals surface area contributed by atoms with Gasteiger partial charge in [0.25, 0.3) is 0 Å². The van der Waals surface area contributed by atoms with E-state index in [1.54, 1.807) is 19.1 Å². The second kappa shape index (κ2) is 5.17. The van der Waals surface area contributed by atoms with Crippen LogP contribution in [0.3, 0.4) is 0 Å². The molecule has 0 amide bonds. The van der Waals surface area contributed by atoms with Crippen LogP contribution in [-0.2, 0) is 0 Å². The Hall–Kier alpha value is -1.62. The maximum Gasteiger partial charge on any atom is 0.337 e. The number of anilines is 1. The van der Waals surface area contributed by atoms with Gasteiger partial charge in [0.1, 0.15) is 5.82 Å². The van der Waals surface area contributed by atoms with E-state index in [2.05, 4.69) is 29.3 Å². The number of likely N-dealkylation sites (N-methyl/N-ethyl adjacent to an activating group) is 1. The molecule has 1 aromatic rings. The quantitative estimate of drug-likeness (QED) is 0.850. The predicted octanol–water partition coefficient (Wildman–Crippen LogP) is 1.98. The predicted molar refractivity (Wildman–Crippen MR) is 74.7 cm³/mol. The highest BCUT2D eigenvalue weighted by atomic mass is 16.4. The number of aromatic nitrogens is 1. The number of nitrogens with one attached hydrogen (secondary N) is 1. The lowest BCUT2D eigenvalue weighted by Gasteiger charge is -2.47. The van der Waals surface area contributed by atoms with Crippen LogP contribution < -0.4 is 5.32 Å². The molecule has 1 aliphatic rings. The van der Waals surface area contributed by atoms with Gasteiger partial charge in [-0.2, -0.15) is 0 Å².